The first-order chi connectivity index (χ1) is 11.0. The van der Waals surface area contributed by atoms with E-state index in [1.165, 1.54) is 0 Å². The fourth-order valence-corrected chi connectivity index (χ4v) is 2.37. The lowest BCUT2D eigenvalue weighted by Gasteiger charge is -2.33. The molecule has 0 aliphatic rings. The summed E-state index contributed by atoms with van der Waals surface area (Å²) in [4.78, 5) is 0. The predicted octanol–water partition coefficient (Wildman–Crippen LogP) is 2.54. The van der Waals surface area contributed by atoms with Crippen LogP contribution in [0.4, 0.5) is 0 Å². The predicted molar refractivity (Wildman–Crippen MR) is 93.2 cm³/mol. The summed E-state index contributed by atoms with van der Waals surface area (Å²) in [5.41, 5.74) is 6.41. The fraction of sp³-hybridized carbons (Fsp3) is 0.263. The largest absolute Gasteiger partial charge is 0.481 e. The molecule has 0 heterocycles. The van der Waals surface area contributed by atoms with Gasteiger partial charge in [-0.3, -0.25) is 5.73 Å². The Balaban J connectivity index is 2.28. The Morgan fingerprint density at radius 2 is 1.87 bits per heavy atom. The maximum Gasteiger partial charge on any atom is 0.167 e. The number of nitrogens with two attached hydrogens (primary N) is 1. The molecule has 23 heavy (non-hydrogen) atoms. The minimum Gasteiger partial charge on any atom is -0.481 e. The van der Waals surface area contributed by atoms with E-state index in [4.69, 9.17) is 10.5 Å². The van der Waals surface area contributed by atoms with E-state index in [-0.39, 0.29) is 6.54 Å². The molecule has 0 aliphatic carbocycles. The SMILES string of the molecule is C=CCNCC(N)(O)C(Oc1ccccc1C)c1ccccc1. The maximum absolute atomic E-state index is 10.8. The Hall–Kier alpha value is -2.14. The van der Waals surface area contributed by atoms with Gasteiger partial charge in [-0.2, -0.15) is 0 Å². The van der Waals surface area contributed by atoms with Crippen LogP contribution in [0.1, 0.15) is 17.2 Å². The van der Waals surface area contributed by atoms with Crippen LogP contribution in [0.2, 0.25) is 0 Å². The lowest BCUT2D eigenvalue weighted by atomic mass is 9.98. The van der Waals surface area contributed by atoms with Crippen LogP contribution in [0.15, 0.2) is 67.3 Å². The van der Waals surface area contributed by atoms with Gasteiger partial charge in [0.2, 0.25) is 0 Å². The third-order valence-corrected chi connectivity index (χ3v) is 3.59. The van der Waals surface area contributed by atoms with Crippen molar-refractivity contribution in [3.63, 3.8) is 0 Å². The summed E-state index contributed by atoms with van der Waals surface area (Å²) in [5, 5.41) is 13.8. The number of hydrogen-bond donors (Lipinski definition) is 3. The second kappa shape index (κ2) is 7.92. The zero-order valence-corrected chi connectivity index (χ0v) is 13.4. The normalized spacial score (nSPS) is 14.7. The summed E-state index contributed by atoms with van der Waals surface area (Å²) in [6.45, 7) is 6.35. The van der Waals surface area contributed by atoms with Crippen LogP contribution in [-0.4, -0.2) is 23.9 Å². The molecular formula is C19H24N2O2. The van der Waals surface area contributed by atoms with Crippen molar-refractivity contribution < 1.29 is 9.84 Å². The van der Waals surface area contributed by atoms with Crippen LogP contribution in [0, 0.1) is 6.92 Å². The average molecular weight is 312 g/mol. The number of rotatable bonds is 8. The van der Waals surface area contributed by atoms with E-state index in [1.54, 1.807) is 6.08 Å². The molecule has 4 N–H and O–H groups in total. The molecule has 0 amide bonds. The molecule has 4 heteroatoms. The minimum atomic E-state index is -1.56. The molecule has 0 aliphatic heterocycles. The highest BCUT2D eigenvalue weighted by Gasteiger charge is 2.36. The number of nitrogens with one attached hydrogen (secondary N) is 1. The number of benzene rings is 2. The van der Waals surface area contributed by atoms with Crippen molar-refractivity contribution in [2.45, 2.75) is 18.8 Å². The molecule has 0 aromatic heterocycles. The molecule has 0 saturated carbocycles. The number of aliphatic hydroxyl groups is 1. The fourth-order valence-electron chi connectivity index (χ4n) is 2.37. The van der Waals surface area contributed by atoms with Gasteiger partial charge >= 0.3 is 0 Å². The highest BCUT2D eigenvalue weighted by molar-refractivity contribution is 5.33. The lowest BCUT2D eigenvalue weighted by molar-refractivity contribution is -0.0577. The van der Waals surface area contributed by atoms with E-state index < -0.39 is 11.8 Å². The quantitative estimate of drug-likeness (QED) is 0.398. The topological polar surface area (TPSA) is 67.5 Å². The smallest absolute Gasteiger partial charge is 0.167 e. The Bertz CT molecular complexity index is 626. The standard InChI is InChI=1S/C19H24N2O2/c1-3-13-21-14-19(20,22)18(16-10-5-4-6-11-16)23-17-12-8-7-9-15(17)2/h3-12,18,21-22H,1,13-14,20H2,2H3. The van der Waals surface area contributed by atoms with Crippen LogP contribution >= 0.6 is 0 Å². The summed E-state index contributed by atoms with van der Waals surface area (Å²) < 4.78 is 6.09. The van der Waals surface area contributed by atoms with Crippen molar-refractivity contribution in [1.82, 2.24) is 5.32 Å². The van der Waals surface area contributed by atoms with Crippen molar-refractivity contribution in [2.24, 2.45) is 5.73 Å². The molecular weight excluding hydrogens is 288 g/mol. The van der Waals surface area contributed by atoms with E-state index in [1.807, 2.05) is 61.5 Å². The van der Waals surface area contributed by atoms with Gasteiger partial charge in [0.1, 0.15) is 5.75 Å². The van der Waals surface area contributed by atoms with Crippen LogP contribution in [0.3, 0.4) is 0 Å². The van der Waals surface area contributed by atoms with Gasteiger partial charge < -0.3 is 15.2 Å². The van der Waals surface area contributed by atoms with Gasteiger partial charge in [-0.15, -0.1) is 6.58 Å². The molecule has 2 unspecified atom stereocenters. The number of para-hydroxylation sites is 1. The Morgan fingerprint density at radius 1 is 1.22 bits per heavy atom. The summed E-state index contributed by atoms with van der Waals surface area (Å²) in [7, 11) is 0. The number of hydrogen-bond acceptors (Lipinski definition) is 4. The van der Waals surface area contributed by atoms with Crippen molar-refractivity contribution in [2.75, 3.05) is 13.1 Å². The van der Waals surface area contributed by atoms with Gasteiger partial charge in [0.25, 0.3) is 0 Å². The molecule has 0 saturated heterocycles. The minimum absolute atomic E-state index is 0.185. The van der Waals surface area contributed by atoms with Gasteiger partial charge in [-0.25, -0.2) is 0 Å². The van der Waals surface area contributed by atoms with Gasteiger partial charge in [0, 0.05) is 13.1 Å². The van der Waals surface area contributed by atoms with Crippen LogP contribution < -0.4 is 15.8 Å². The molecule has 2 aromatic carbocycles. The molecule has 4 nitrogen and oxygen atoms in total. The first-order valence-electron chi connectivity index (χ1n) is 7.64. The summed E-state index contributed by atoms with van der Waals surface area (Å²) in [6.07, 6.45) is 1.03. The second-order valence-electron chi connectivity index (χ2n) is 5.58. The molecule has 0 fully saturated rings. The van der Waals surface area contributed by atoms with E-state index in [0.717, 1.165) is 11.1 Å². The maximum atomic E-state index is 10.8. The highest BCUT2D eigenvalue weighted by Crippen LogP contribution is 2.30. The zero-order chi connectivity index (χ0) is 16.7. The molecule has 0 radical (unpaired) electrons. The van der Waals surface area contributed by atoms with Crippen molar-refractivity contribution in [3.05, 3.63) is 78.4 Å². The van der Waals surface area contributed by atoms with Gasteiger partial charge in [0.05, 0.1) is 0 Å². The van der Waals surface area contributed by atoms with Crippen molar-refractivity contribution in [3.8, 4) is 5.75 Å². The monoisotopic (exact) mass is 312 g/mol. The van der Waals surface area contributed by atoms with Crippen molar-refractivity contribution >= 4 is 0 Å². The van der Waals surface area contributed by atoms with Gasteiger partial charge in [-0.1, -0.05) is 54.6 Å². The van der Waals surface area contributed by atoms with Gasteiger partial charge in [0.15, 0.2) is 11.8 Å². The Morgan fingerprint density at radius 3 is 2.52 bits per heavy atom. The zero-order valence-electron chi connectivity index (χ0n) is 13.4. The highest BCUT2D eigenvalue weighted by atomic mass is 16.5. The molecule has 122 valence electrons. The average Bonchev–Trinajstić information content (AvgIpc) is 2.55. The van der Waals surface area contributed by atoms with E-state index in [2.05, 4.69) is 11.9 Å². The van der Waals surface area contributed by atoms with E-state index in [0.29, 0.717) is 12.3 Å². The van der Waals surface area contributed by atoms with E-state index in [9.17, 15) is 5.11 Å². The third kappa shape index (κ3) is 4.66. The molecule has 2 atom stereocenters. The van der Waals surface area contributed by atoms with E-state index >= 15 is 0 Å². The first-order valence-corrected chi connectivity index (χ1v) is 7.64. The number of aryl methyl sites for hydroxylation is 1. The Kier molecular flexibility index (Phi) is 5.93. The first kappa shape index (κ1) is 17.2. The molecule has 0 spiro atoms. The van der Waals surface area contributed by atoms with Crippen molar-refractivity contribution in [1.29, 1.82) is 0 Å². The third-order valence-electron chi connectivity index (χ3n) is 3.59. The number of ether oxygens (including phenoxy) is 1. The summed E-state index contributed by atoms with van der Waals surface area (Å²) >= 11 is 0. The van der Waals surface area contributed by atoms with Gasteiger partial charge in [-0.05, 0) is 24.1 Å². The second-order valence-corrected chi connectivity index (χ2v) is 5.58. The molecule has 2 rings (SSSR count). The molecule has 2 aromatic rings. The van der Waals surface area contributed by atoms with Crippen LogP contribution in [-0.2, 0) is 0 Å². The Labute approximate surface area is 137 Å². The lowest BCUT2D eigenvalue weighted by Crippen LogP contribution is -2.55. The summed E-state index contributed by atoms with van der Waals surface area (Å²) in [6, 6.07) is 17.2. The van der Waals surface area contributed by atoms with Crippen LogP contribution in [0.5, 0.6) is 5.75 Å². The van der Waals surface area contributed by atoms with Crippen LogP contribution in [0.25, 0.3) is 0 Å². The molecule has 0 bridgehead atoms. The summed E-state index contributed by atoms with van der Waals surface area (Å²) in [5.74, 6) is 0.703.